The number of halogens is 2. The van der Waals surface area contributed by atoms with Crippen molar-refractivity contribution in [1.82, 2.24) is 30.2 Å². The second-order valence-corrected chi connectivity index (χ2v) is 7.77. The van der Waals surface area contributed by atoms with Gasteiger partial charge in [0, 0.05) is 23.7 Å². The van der Waals surface area contributed by atoms with Crippen LogP contribution in [0, 0.1) is 11.6 Å². The van der Waals surface area contributed by atoms with Crippen LogP contribution in [0.25, 0.3) is 16.9 Å². The van der Waals surface area contributed by atoms with Gasteiger partial charge in [-0.25, -0.2) is 18.6 Å². The first-order valence-electron chi connectivity index (χ1n) is 10.1. The minimum absolute atomic E-state index is 0.109. The molecule has 0 bridgehead atoms. The SMILES string of the molecule is Nc1c(-c2ccc3c(c2)C(=O)NC3)c([C@H](Cc2cc(F)cc(F)c2)NC(=O)O)nc2ncnn12. The van der Waals surface area contributed by atoms with E-state index < -0.39 is 23.8 Å². The van der Waals surface area contributed by atoms with Gasteiger partial charge in [-0.2, -0.15) is 14.6 Å². The molecule has 0 unspecified atom stereocenters. The molecular formula is C22H17F2N7O3. The fourth-order valence-corrected chi connectivity index (χ4v) is 4.13. The Kier molecular flexibility index (Phi) is 5.04. The number of hydrogen-bond donors (Lipinski definition) is 4. The number of carbonyl (C=O) groups is 2. The quantitative estimate of drug-likeness (QED) is 0.354. The highest BCUT2D eigenvalue weighted by Gasteiger charge is 2.27. The number of hydrogen-bond acceptors (Lipinski definition) is 6. The molecule has 1 aliphatic rings. The standard InChI is InChI=1S/C22H17F2N7O3/c23-13-3-10(4-14(24)7-13)5-16(29-22(33)34)18-17(19(25)31-21(30-18)27-9-28-31)11-1-2-12-8-26-20(32)15(12)6-11/h1-4,6-7,9,16,29H,5,8,25H2,(H,26,32)(H,33,34)/t16-/m0/s1. The number of amides is 2. The molecule has 0 fully saturated rings. The first-order valence-corrected chi connectivity index (χ1v) is 10.1. The highest BCUT2D eigenvalue weighted by Crippen LogP contribution is 2.35. The van der Waals surface area contributed by atoms with Crippen LogP contribution in [0.1, 0.15) is 33.2 Å². The molecule has 2 aromatic carbocycles. The highest BCUT2D eigenvalue weighted by molar-refractivity contribution is 6.00. The Bertz CT molecular complexity index is 1450. The zero-order valence-corrected chi connectivity index (χ0v) is 17.4. The van der Waals surface area contributed by atoms with Crippen molar-refractivity contribution in [2.24, 2.45) is 0 Å². The van der Waals surface area contributed by atoms with Crippen molar-refractivity contribution in [2.75, 3.05) is 5.73 Å². The summed E-state index contributed by atoms with van der Waals surface area (Å²) >= 11 is 0. The van der Waals surface area contributed by atoms with Gasteiger partial charge in [0.25, 0.3) is 11.7 Å². The van der Waals surface area contributed by atoms with Gasteiger partial charge in [-0.3, -0.25) is 4.79 Å². The first-order chi connectivity index (χ1) is 16.3. The molecule has 12 heteroatoms. The zero-order chi connectivity index (χ0) is 24.0. The Morgan fingerprint density at radius 1 is 1.24 bits per heavy atom. The largest absolute Gasteiger partial charge is 0.465 e. The summed E-state index contributed by atoms with van der Waals surface area (Å²) in [6, 6.07) is 7.02. The maximum Gasteiger partial charge on any atom is 0.405 e. The van der Waals surface area contributed by atoms with Crippen molar-refractivity contribution < 1.29 is 23.5 Å². The second-order valence-electron chi connectivity index (χ2n) is 7.77. The van der Waals surface area contributed by atoms with Crippen LogP contribution in [0.3, 0.4) is 0 Å². The third kappa shape index (κ3) is 3.74. The number of anilines is 1. The summed E-state index contributed by atoms with van der Waals surface area (Å²) in [7, 11) is 0. The van der Waals surface area contributed by atoms with Crippen LogP contribution in [-0.4, -0.2) is 36.7 Å². The third-order valence-electron chi connectivity index (χ3n) is 5.56. The fourth-order valence-electron chi connectivity index (χ4n) is 4.13. The minimum Gasteiger partial charge on any atom is -0.465 e. The average molecular weight is 465 g/mol. The van der Waals surface area contributed by atoms with Crippen molar-refractivity contribution >= 4 is 23.6 Å². The topological polar surface area (TPSA) is 148 Å². The van der Waals surface area contributed by atoms with Crippen LogP contribution in [-0.2, 0) is 13.0 Å². The van der Waals surface area contributed by atoms with Gasteiger partial charge in [0.1, 0.15) is 23.8 Å². The molecule has 0 saturated heterocycles. The molecule has 1 atom stereocenters. The molecule has 10 nitrogen and oxygen atoms in total. The van der Waals surface area contributed by atoms with Crippen molar-refractivity contribution in [3.63, 3.8) is 0 Å². The van der Waals surface area contributed by atoms with Crippen LogP contribution in [0.2, 0.25) is 0 Å². The zero-order valence-electron chi connectivity index (χ0n) is 17.4. The van der Waals surface area contributed by atoms with E-state index in [-0.39, 0.29) is 35.2 Å². The predicted molar refractivity (Wildman–Crippen MR) is 116 cm³/mol. The van der Waals surface area contributed by atoms with Gasteiger partial charge in [0.05, 0.1) is 11.7 Å². The molecule has 34 heavy (non-hydrogen) atoms. The number of benzene rings is 2. The molecule has 4 aromatic rings. The Morgan fingerprint density at radius 3 is 2.74 bits per heavy atom. The number of aromatic nitrogens is 4. The number of nitrogens with two attached hydrogens (primary N) is 1. The first kappa shape index (κ1) is 21.2. The second kappa shape index (κ2) is 8.06. The molecular weight excluding hydrogens is 448 g/mol. The highest BCUT2D eigenvalue weighted by atomic mass is 19.1. The summed E-state index contributed by atoms with van der Waals surface area (Å²) in [5.74, 6) is -1.62. The lowest BCUT2D eigenvalue weighted by Crippen LogP contribution is -2.30. The normalized spacial score (nSPS) is 13.5. The molecule has 0 aliphatic carbocycles. The fraction of sp³-hybridized carbons (Fsp3) is 0.136. The van der Waals surface area contributed by atoms with Crippen LogP contribution in [0.4, 0.5) is 19.4 Å². The number of nitrogens with zero attached hydrogens (tertiary/aromatic N) is 4. The molecule has 0 radical (unpaired) electrons. The van der Waals surface area contributed by atoms with E-state index >= 15 is 0 Å². The Morgan fingerprint density at radius 2 is 2.00 bits per heavy atom. The monoisotopic (exact) mass is 465 g/mol. The Balaban J connectivity index is 1.71. The summed E-state index contributed by atoms with van der Waals surface area (Å²) in [5.41, 5.74) is 8.86. The van der Waals surface area contributed by atoms with Gasteiger partial charge in [-0.1, -0.05) is 12.1 Å². The maximum atomic E-state index is 13.8. The molecule has 0 spiro atoms. The Labute approximate surface area is 190 Å². The number of carbonyl (C=O) groups excluding carboxylic acids is 1. The minimum atomic E-state index is -1.37. The summed E-state index contributed by atoms with van der Waals surface area (Å²) < 4.78 is 28.9. The molecule has 1 aliphatic heterocycles. The lowest BCUT2D eigenvalue weighted by atomic mass is 9.94. The van der Waals surface area contributed by atoms with Crippen molar-refractivity contribution in [3.8, 4) is 11.1 Å². The van der Waals surface area contributed by atoms with Crippen LogP contribution >= 0.6 is 0 Å². The van der Waals surface area contributed by atoms with Crippen molar-refractivity contribution in [1.29, 1.82) is 0 Å². The van der Waals surface area contributed by atoms with Gasteiger partial charge >= 0.3 is 6.09 Å². The van der Waals surface area contributed by atoms with E-state index in [1.165, 1.54) is 10.8 Å². The lowest BCUT2D eigenvalue weighted by molar-refractivity contribution is 0.0965. The van der Waals surface area contributed by atoms with E-state index in [2.05, 4.69) is 25.7 Å². The van der Waals surface area contributed by atoms with E-state index in [1.54, 1.807) is 18.2 Å². The van der Waals surface area contributed by atoms with E-state index in [4.69, 9.17) is 5.73 Å². The van der Waals surface area contributed by atoms with Crippen molar-refractivity contribution in [3.05, 3.63) is 76.7 Å². The number of fused-ring (bicyclic) bond motifs is 2. The van der Waals surface area contributed by atoms with Gasteiger partial charge in [-0.15, -0.1) is 0 Å². The van der Waals surface area contributed by atoms with Gasteiger partial charge in [0.15, 0.2) is 0 Å². The Hall–Kier alpha value is -4.61. The molecule has 2 aromatic heterocycles. The molecule has 5 rings (SSSR count). The van der Waals surface area contributed by atoms with E-state index in [0.717, 1.165) is 23.8 Å². The third-order valence-corrected chi connectivity index (χ3v) is 5.56. The van der Waals surface area contributed by atoms with Crippen molar-refractivity contribution in [2.45, 2.75) is 19.0 Å². The van der Waals surface area contributed by atoms with E-state index in [1.807, 2.05) is 0 Å². The van der Waals surface area contributed by atoms with Gasteiger partial charge in [0.2, 0.25) is 0 Å². The molecule has 3 heterocycles. The predicted octanol–water partition coefficient (Wildman–Crippen LogP) is 2.45. The average Bonchev–Trinajstić information content (AvgIpc) is 3.39. The summed E-state index contributed by atoms with van der Waals surface area (Å²) in [6.07, 6.45) is -0.261. The van der Waals surface area contributed by atoms with E-state index in [0.29, 0.717) is 23.2 Å². The number of nitrogen functional groups attached to an aromatic ring is 1. The number of carboxylic acid groups (broad SMARTS) is 1. The van der Waals surface area contributed by atoms with Crippen LogP contribution in [0.15, 0.2) is 42.7 Å². The number of rotatable bonds is 5. The van der Waals surface area contributed by atoms with Crippen LogP contribution in [0.5, 0.6) is 0 Å². The summed E-state index contributed by atoms with van der Waals surface area (Å²) in [6.45, 7) is 0.394. The molecule has 5 N–H and O–H groups in total. The summed E-state index contributed by atoms with van der Waals surface area (Å²) in [4.78, 5) is 32.4. The smallest absolute Gasteiger partial charge is 0.405 e. The summed E-state index contributed by atoms with van der Waals surface area (Å²) in [5, 5.41) is 18.6. The van der Waals surface area contributed by atoms with Crippen LogP contribution < -0.4 is 16.4 Å². The molecule has 172 valence electrons. The van der Waals surface area contributed by atoms with Gasteiger partial charge < -0.3 is 21.5 Å². The lowest BCUT2D eigenvalue weighted by Gasteiger charge is -2.21. The number of nitrogens with one attached hydrogen (secondary N) is 2. The maximum absolute atomic E-state index is 13.8. The van der Waals surface area contributed by atoms with Gasteiger partial charge in [-0.05, 0) is 41.3 Å². The molecule has 2 amide bonds. The van der Waals surface area contributed by atoms with E-state index in [9.17, 15) is 23.5 Å². The molecule has 0 saturated carbocycles.